The minimum Gasteiger partial charge on any atom is -0.481 e. The number of likely N-dealkylation sites (tertiary alicyclic amines) is 1. The summed E-state index contributed by atoms with van der Waals surface area (Å²) in [4.78, 5) is 73.3. The van der Waals surface area contributed by atoms with Crippen LogP contribution in [0.15, 0.2) is 35.7 Å². The van der Waals surface area contributed by atoms with Crippen molar-refractivity contribution in [3.8, 4) is 0 Å². The fourth-order valence-corrected chi connectivity index (χ4v) is 7.41. The van der Waals surface area contributed by atoms with Crippen molar-refractivity contribution in [3.05, 3.63) is 52.0 Å². The number of nitrogens with one attached hydrogen (secondary N) is 2. The summed E-state index contributed by atoms with van der Waals surface area (Å²) >= 11 is 1.18. The van der Waals surface area contributed by atoms with Crippen molar-refractivity contribution >= 4 is 41.0 Å². The van der Waals surface area contributed by atoms with Crippen LogP contribution in [0.5, 0.6) is 0 Å². The number of carboxylic acids is 1. The normalized spacial score (nSPS) is 18.2. The van der Waals surface area contributed by atoms with Crippen LogP contribution in [0.4, 0.5) is 0 Å². The van der Waals surface area contributed by atoms with E-state index in [1.54, 1.807) is 24.3 Å². The Kier molecular flexibility index (Phi) is 15.2. The molecule has 13 heteroatoms. The van der Waals surface area contributed by atoms with E-state index in [1.165, 1.54) is 18.3 Å². The molecule has 3 rings (SSSR count). The first-order chi connectivity index (χ1) is 23.9. The maximum Gasteiger partial charge on any atom is 0.306 e. The first-order valence-corrected chi connectivity index (χ1v) is 18.7. The van der Waals surface area contributed by atoms with E-state index in [9.17, 15) is 29.1 Å². The van der Waals surface area contributed by atoms with Gasteiger partial charge < -0.3 is 25.4 Å². The summed E-state index contributed by atoms with van der Waals surface area (Å²) in [6.45, 7) is 13.5. The second-order valence-corrected chi connectivity index (χ2v) is 16.2. The van der Waals surface area contributed by atoms with E-state index in [-0.39, 0.29) is 42.3 Å². The number of amides is 3. The zero-order chi connectivity index (χ0) is 38.0. The zero-order valence-electron chi connectivity index (χ0n) is 31.6. The van der Waals surface area contributed by atoms with Gasteiger partial charge in [0.05, 0.1) is 12.0 Å². The number of carbonyl (C=O) groups is 5. The number of benzene rings is 1. The molecule has 1 fully saturated rings. The van der Waals surface area contributed by atoms with Crippen molar-refractivity contribution in [1.82, 2.24) is 25.4 Å². The van der Waals surface area contributed by atoms with E-state index < -0.39 is 53.4 Å². The van der Waals surface area contributed by atoms with Gasteiger partial charge in [-0.15, -0.1) is 11.3 Å². The third kappa shape index (κ3) is 12.1. The van der Waals surface area contributed by atoms with Crippen molar-refractivity contribution in [3.63, 3.8) is 0 Å². The summed E-state index contributed by atoms with van der Waals surface area (Å²) in [6.07, 6.45) is 2.79. The van der Waals surface area contributed by atoms with Crippen LogP contribution in [0, 0.1) is 17.3 Å². The smallest absolute Gasteiger partial charge is 0.306 e. The molecule has 12 nitrogen and oxygen atoms in total. The molecule has 1 aliphatic heterocycles. The Bertz CT molecular complexity index is 1490. The Morgan fingerprint density at radius 1 is 1.06 bits per heavy atom. The standard InChI is InChI=1S/C38H57N5O7S/c1-23(2)30(43(9)36(47)32(38(5,6)7)41-34(46)29-17-13-14-18-42(29)8)21-31(50-25(4)44)35-40-28(22-51-35)33(45)39-27(19-24(3)37(48)49)20-26-15-11-10-12-16-26/h10-12,15-16,22-24,27,29-32H,13-14,17-21H2,1-9H3,(H,39,45)(H,41,46)(H,48,49)/t24?,27?,29-,30?,31?,32?/m1/s1. The monoisotopic (exact) mass is 727 g/mol. The number of hydrogen-bond donors (Lipinski definition) is 3. The molecule has 0 radical (unpaired) electrons. The molecule has 5 unspecified atom stereocenters. The third-order valence-electron chi connectivity index (χ3n) is 9.60. The minimum atomic E-state index is -0.946. The Balaban J connectivity index is 1.82. The van der Waals surface area contributed by atoms with Crippen molar-refractivity contribution in [1.29, 1.82) is 0 Å². The first-order valence-electron chi connectivity index (χ1n) is 17.9. The van der Waals surface area contributed by atoms with Gasteiger partial charge in [-0.1, -0.05) is 78.3 Å². The molecule has 1 aromatic heterocycles. The fourth-order valence-electron chi connectivity index (χ4n) is 6.58. The summed E-state index contributed by atoms with van der Waals surface area (Å²) in [6, 6.07) is 7.58. The van der Waals surface area contributed by atoms with E-state index in [1.807, 2.05) is 76.9 Å². The Morgan fingerprint density at radius 2 is 1.73 bits per heavy atom. The van der Waals surface area contributed by atoms with Crippen molar-refractivity contribution in [2.24, 2.45) is 17.3 Å². The highest BCUT2D eigenvalue weighted by Crippen LogP contribution is 2.32. The lowest BCUT2D eigenvalue weighted by Crippen LogP contribution is -2.59. The van der Waals surface area contributed by atoms with Crippen LogP contribution in [0.3, 0.4) is 0 Å². The predicted molar refractivity (Wildman–Crippen MR) is 197 cm³/mol. The van der Waals surface area contributed by atoms with Gasteiger partial charge >= 0.3 is 11.9 Å². The molecule has 51 heavy (non-hydrogen) atoms. The van der Waals surface area contributed by atoms with Gasteiger partial charge in [-0.25, -0.2) is 4.98 Å². The zero-order valence-corrected chi connectivity index (χ0v) is 32.4. The second-order valence-electron chi connectivity index (χ2n) is 15.3. The number of rotatable bonds is 16. The molecule has 1 aromatic carbocycles. The van der Waals surface area contributed by atoms with Crippen LogP contribution in [0.1, 0.15) is 108 Å². The number of piperidine rings is 1. The minimum absolute atomic E-state index is 0.0597. The number of thiazole rings is 1. The van der Waals surface area contributed by atoms with Crippen LogP contribution in [0.25, 0.3) is 0 Å². The number of carbonyl (C=O) groups excluding carboxylic acids is 4. The van der Waals surface area contributed by atoms with Crippen LogP contribution in [-0.2, 0) is 30.3 Å². The van der Waals surface area contributed by atoms with E-state index >= 15 is 0 Å². The van der Waals surface area contributed by atoms with E-state index in [0.717, 1.165) is 31.4 Å². The number of aromatic nitrogens is 1. The van der Waals surface area contributed by atoms with E-state index in [0.29, 0.717) is 11.4 Å². The lowest BCUT2D eigenvalue weighted by molar-refractivity contribution is -0.149. The third-order valence-corrected chi connectivity index (χ3v) is 10.5. The highest BCUT2D eigenvalue weighted by Gasteiger charge is 2.40. The molecule has 1 aliphatic rings. The molecule has 0 aliphatic carbocycles. The SMILES string of the molecule is CC(=O)OC(CC(C(C)C)N(C)C(=O)C(NC(=O)[C@H]1CCCCN1C)C(C)(C)C)c1nc(C(=O)NC(Cc2ccccc2)CC(C)C(=O)O)cs1. The fraction of sp³-hybridized carbons (Fsp3) is 0.632. The number of hydrogen-bond acceptors (Lipinski definition) is 9. The van der Waals surface area contributed by atoms with Crippen molar-refractivity contribution in [2.75, 3.05) is 20.6 Å². The quantitative estimate of drug-likeness (QED) is 0.201. The molecule has 0 spiro atoms. The number of nitrogens with zero attached hydrogens (tertiary/aromatic N) is 3. The van der Waals surface area contributed by atoms with Gasteiger partial charge in [0.2, 0.25) is 11.8 Å². The molecule has 6 atom stereocenters. The number of carboxylic acid groups (broad SMARTS) is 1. The largest absolute Gasteiger partial charge is 0.481 e. The summed E-state index contributed by atoms with van der Waals surface area (Å²) in [5.74, 6) is -3.07. The van der Waals surface area contributed by atoms with Gasteiger partial charge in [-0.2, -0.15) is 0 Å². The summed E-state index contributed by atoms with van der Waals surface area (Å²) in [5, 5.41) is 17.6. The molecule has 1 saturated heterocycles. The lowest BCUT2D eigenvalue weighted by Gasteiger charge is -2.40. The molecule has 3 N–H and O–H groups in total. The van der Waals surface area contributed by atoms with E-state index in [4.69, 9.17) is 4.74 Å². The molecule has 0 saturated carbocycles. The lowest BCUT2D eigenvalue weighted by atomic mass is 9.84. The number of aliphatic carboxylic acids is 1. The van der Waals surface area contributed by atoms with Crippen LogP contribution in [-0.4, -0.2) is 94.4 Å². The summed E-state index contributed by atoms with van der Waals surface area (Å²) in [7, 11) is 3.64. The predicted octanol–water partition coefficient (Wildman–Crippen LogP) is 5.09. The average molecular weight is 728 g/mol. The van der Waals surface area contributed by atoms with Crippen LogP contribution >= 0.6 is 11.3 Å². The molecule has 0 bridgehead atoms. The van der Waals surface area contributed by atoms with Crippen LogP contribution < -0.4 is 10.6 Å². The van der Waals surface area contributed by atoms with Crippen LogP contribution in [0.2, 0.25) is 0 Å². The van der Waals surface area contributed by atoms with Gasteiger partial charge in [0.15, 0.2) is 6.10 Å². The Morgan fingerprint density at radius 3 is 2.29 bits per heavy atom. The maximum atomic E-state index is 14.2. The molecular weight excluding hydrogens is 671 g/mol. The molecule has 2 aromatic rings. The summed E-state index contributed by atoms with van der Waals surface area (Å²) < 4.78 is 5.76. The maximum absolute atomic E-state index is 14.2. The Hall–Kier alpha value is -3.84. The van der Waals surface area contributed by atoms with Gasteiger partial charge in [0.1, 0.15) is 16.7 Å². The van der Waals surface area contributed by atoms with Gasteiger partial charge in [-0.3, -0.25) is 28.9 Å². The van der Waals surface area contributed by atoms with E-state index in [2.05, 4.69) is 15.6 Å². The molecular formula is C38H57N5O7S. The van der Waals surface area contributed by atoms with Crippen molar-refractivity contribution < 1.29 is 33.8 Å². The van der Waals surface area contributed by atoms with Gasteiger partial charge in [-0.05, 0) is 56.2 Å². The summed E-state index contributed by atoms with van der Waals surface area (Å²) in [5.41, 5.74) is 0.507. The average Bonchev–Trinajstić information content (AvgIpc) is 3.55. The number of ether oxygens (including phenoxy) is 1. The highest BCUT2D eigenvalue weighted by molar-refractivity contribution is 7.09. The topological polar surface area (TPSA) is 158 Å². The Labute approximate surface area is 306 Å². The number of likely N-dealkylation sites (N-methyl/N-ethyl adjacent to an activating group) is 2. The first kappa shape index (κ1) is 41.6. The van der Waals surface area contributed by atoms with Gasteiger partial charge in [0, 0.05) is 37.9 Å². The van der Waals surface area contributed by atoms with Gasteiger partial charge in [0.25, 0.3) is 5.91 Å². The molecule has 2 heterocycles. The number of esters is 1. The second kappa shape index (κ2) is 18.6. The van der Waals surface area contributed by atoms with Crippen molar-refractivity contribution in [2.45, 2.75) is 117 Å². The highest BCUT2D eigenvalue weighted by atomic mass is 32.1. The molecule has 282 valence electrons. The molecule has 3 amide bonds.